The molecule has 2 heterocycles. The number of carbonyl (C=O) groups excluding carboxylic acids is 2. The van der Waals surface area contributed by atoms with Crippen molar-refractivity contribution in [2.45, 2.75) is 5.79 Å². The number of ether oxygens (including phenoxy) is 2. The molecule has 0 aromatic rings. The number of carbonyl (C=O) groups is 2. The smallest absolute Gasteiger partial charge is 0.379 e. The minimum atomic E-state index is -1.23. The maximum atomic E-state index is 10.5. The van der Waals surface area contributed by atoms with Crippen LogP contribution < -0.4 is 5.32 Å². The maximum absolute atomic E-state index is 10.5. The Morgan fingerprint density at radius 3 is 2.22 bits per heavy atom. The van der Waals surface area contributed by atoms with Gasteiger partial charge in [-0.3, -0.25) is 4.79 Å². The van der Waals surface area contributed by atoms with Gasteiger partial charge in [0.25, 0.3) is 0 Å². The molecule has 2 rings (SSSR count). The Bertz CT molecular complexity index is 191. The first kappa shape index (κ1) is 4.60. The molecular weight excluding hydrogens is 126 g/mol. The molecule has 0 aromatic carbocycles. The van der Waals surface area contributed by atoms with Crippen molar-refractivity contribution in [3.8, 4) is 0 Å². The number of rotatable bonds is 0. The van der Waals surface area contributed by atoms with E-state index in [1.807, 2.05) is 0 Å². The van der Waals surface area contributed by atoms with Gasteiger partial charge in [-0.2, -0.15) is 0 Å². The molecule has 0 radical (unpaired) electrons. The average Bonchev–Trinajstić information content (AvgIpc) is 1.77. The second kappa shape index (κ2) is 1.02. The summed E-state index contributed by atoms with van der Waals surface area (Å²) in [6, 6.07) is 0. The quantitative estimate of drug-likeness (QED) is 0.336. The molecule has 2 fully saturated rings. The summed E-state index contributed by atoms with van der Waals surface area (Å²) in [5.74, 6) is -1.60. The van der Waals surface area contributed by atoms with Gasteiger partial charge >= 0.3 is 17.8 Å². The molecule has 9 heavy (non-hydrogen) atoms. The minimum Gasteiger partial charge on any atom is -0.379 e. The van der Waals surface area contributed by atoms with Crippen LogP contribution in [0.15, 0.2) is 0 Å². The van der Waals surface area contributed by atoms with Gasteiger partial charge in [-0.1, -0.05) is 0 Å². The highest BCUT2D eigenvalue weighted by Crippen LogP contribution is 2.29. The molecule has 2 saturated heterocycles. The molecule has 2 aliphatic rings. The highest BCUT2D eigenvalue weighted by molar-refractivity contribution is 5.95. The summed E-state index contributed by atoms with van der Waals surface area (Å²) in [5.41, 5.74) is 0. The summed E-state index contributed by atoms with van der Waals surface area (Å²) in [7, 11) is 0. The SMILES string of the molecule is O=C1OC2(CNC2=O)O1. The highest BCUT2D eigenvalue weighted by atomic mass is 16.9. The monoisotopic (exact) mass is 129 g/mol. The van der Waals surface area contributed by atoms with Crippen molar-refractivity contribution in [1.82, 2.24) is 5.32 Å². The van der Waals surface area contributed by atoms with Gasteiger partial charge in [0.1, 0.15) is 6.54 Å². The molecule has 5 nitrogen and oxygen atoms in total. The summed E-state index contributed by atoms with van der Waals surface area (Å²) >= 11 is 0. The fourth-order valence-electron chi connectivity index (χ4n) is 0.747. The molecule has 0 aliphatic carbocycles. The zero-order valence-electron chi connectivity index (χ0n) is 4.34. The summed E-state index contributed by atoms with van der Waals surface area (Å²) in [4.78, 5) is 20.5. The van der Waals surface area contributed by atoms with Crippen LogP contribution in [0.3, 0.4) is 0 Å². The van der Waals surface area contributed by atoms with E-state index in [1.54, 1.807) is 0 Å². The molecule has 1 spiro atoms. The summed E-state index contributed by atoms with van der Waals surface area (Å²) in [6.07, 6.45) is -0.773. The lowest BCUT2D eigenvalue weighted by Gasteiger charge is -2.43. The number of hydrogen-bond acceptors (Lipinski definition) is 4. The Balaban J connectivity index is 2.13. The van der Waals surface area contributed by atoms with E-state index in [1.165, 1.54) is 0 Å². The van der Waals surface area contributed by atoms with Crippen molar-refractivity contribution in [3.63, 3.8) is 0 Å². The fraction of sp³-hybridized carbons (Fsp3) is 0.500. The van der Waals surface area contributed by atoms with Crippen LogP contribution in [0.2, 0.25) is 0 Å². The zero-order valence-corrected chi connectivity index (χ0v) is 4.34. The van der Waals surface area contributed by atoms with Gasteiger partial charge in [0, 0.05) is 0 Å². The highest BCUT2D eigenvalue weighted by Gasteiger charge is 2.62. The summed E-state index contributed by atoms with van der Waals surface area (Å²) in [6.45, 7) is 0.275. The van der Waals surface area contributed by atoms with E-state index in [9.17, 15) is 9.59 Å². The summed E-state index contributed by atoms with van der Waals surface area (Å²) < 4.78 is 8.80. The predicted molar refractivity (Wildman–Crippen MR) is 23.3 cm³/mol. The maximum Gasteiger partial charge on any atom is 0.515 e. The molecule has 0 atom stereocenters. The minimum absolute atomic E-state index is 0.275. The first-order valence-corrected chi connectivity index (χ1v) is 2.43. The van der Waals surface area contributed by atoms with Crippen LogP contribution in [0.25, 0.3) is 0 Å². The number of nitrogens with one attached hydrogen (secondary N) is 1. The Morgan fingerprint density at radius 2 is 2.11 bits per heavy atom. The third kappa shape index (κ3) is 0.352. The predicted octanol–water partition coefficient (Wildman–Crippen LogP) is -1.02. The molecule has 1 N–H and O–H groups in total. The second-order valence-electron chi connectivity index (χ2n) is 1.89. The zero-order chi connectivity index (χ0) is 6.48. The van der Waals surface area contributed by atoms with Crippen molar-refractivity contribution in [3.05, 3.63) is 0 Å². The Labute approximate surface area is 49.9 Å². The van der Waals surface area contributed by atoms with Gasteiger partial charge in [0.2, 0.25) is 0 Å². The van der Waals surface area contributed by atoms with E-state index in [4.69, 9.17) is 0 Å². The van der Waals surface area contributed by atoms with Crippen LogP contribution in [-0.2, 0) is 14.3 Å². The molecule has 5 heteroatoms. The molecule has 0 bridgehead atoms. The Kier molecular flexibility index (Phi) is 0.523. The van der Waals surface area contributed by atoms with Gasteiger partial charge in [0.15, 0.2) is 0 Å². The standard InChI is InChI=1S/C4H3NO4/c6-2-4(1-5-2)8-3(7)9-4/h1H2,(H,5,6). The van der Waals surface area contributed by atoms with Crippen LogP contribution >= 0.6 is 0 Å². The fourth-order valence-corrected chi connectivity index (χ4v) is 0.747. The normalized spacial score (nSPS) is 27.1. The molecular formula is C4H3NO4. The van der Waals surface area contributed by atoms with Crippen molar-refractivity contribution in [2.75, 3.05) is 6.54 Å². The molecule has 0 saturated carbocycles. The lowest BCUT2D eigenvalue weighted by atomic mass is 10.1. The van der Waals surface area contributed by atoms with E-state index in [0.717, 1.165) is 0 Å². The van der Waals surface area contributed by atoms with Crippen LogP contribution in [-0.4, -0.2) is 24.4 Å². The Morgan fingerprint density at radius 1 is 1.44 bits per heavy atom. The molecule has 2 aliphatic heterocycles. The van der Waals surface area contributed by atoms with Gasteiger partial charge in [-0.15, -0.1) is 0 Å². The van der Waals surface area contributed by atoms with Crippen molar-refractivity contribution >= 4 is 12.1 Å². The summed E-state index contributed by atoms with van der Waals surface area (Å²) in [5, 5.41) is 2.38. The number of β-lactam (4-membered cyclic amide) rings is 1. The van der Waals surface area contributed by atoms with Gasteiger partial charge in [-0.25, -0.2) is 4.79 Å². The van der Waals surface area contributed by atoms with E-state index in [0.29, 0.717) is 0 Å². The lowest BCUT2D eigenvalue weighted by Crippen LogP contribution is -2.74. The molecule has 48 valence electrons. The van der Waals surface area contributed by atoms with Crippen molar-refractivity contribution in [2.24, 2.45) is 0 Å². The first-order valence-electron chi connectivity index (χ1n) is 2.43. The van der Waals surface area contributed by atoms with Crippen molar-refractivity contribution in [1.29, 1.82) is 0 Å². The third-order valence-corrected chi connectivity index (χ3v) is 1.32. The topological polar surface area (TPSA) is 64.6 Å². The number of hydrogen-bond donors (Lipinski definition) is 1. The largest absolute Gasteiger partial charge is 0.515 e. The molecule has 0 aromatic heterocycles. The van der Waals surface area contributed by atoms with Gasteiger partial charge in [0.05, 0.1) is 0 Å². The van der Waals surface area contributed by atoms with E-state index < -0.39 is 11.9 Å². The molecule has 0 unspecified atom stereocenters. The van der Waals surface area contributed by atoms with E-state index >= 15 is 0 Å². The van der Waals surface area contributed by atoms with Crippen LogP contribution in [0.5, 0.6) is 0 Å². The van der Waals surface area contributed by atoms with Crippen LogP contribution in [0.1, 0.15) is 0 Å². The first-order chi connectivity index (χ1) is 4.23. The van der Waals surface area contributed by atoms with E-state index in [-0.39, 0.29) is 12.5 Å². The average molecular weight is 129 g/mol. The second-order valence-corrected chi connectivity index (χ2v) is 1.89. The number of amides is 1. The van der Waals surface area contributed by atoms with Crippen LogP contribution in [0.4, 0.5) is 4.79 Å². The van der Waals surface area contributed by atoms with E-state index in [2.05, 4.69) is 14.8 Å². The van der Waals surface area contributed by atoms with Crippen LogP contribution in [0, 0.1) is 0 Å². The van der Waals surface area contributed by atoms with Gasteiger partial charge < -0.3 is 14.8 Å². The molecule has 1 amide bonds. The van der Waals surface area contributed by atoms with Crippen molar-refractivity contribution < 1.29 is 19.1 Å². The lowest BCUT2D eigenvalue weighted by molar-refractivity contribution is -0.274. The third-order valence-electron chi connectivity index (χ3n) is 1.32. The van der Waals surface area contributed by atoms with Gasteiger partial charge in [-0.05, 0) is 0 Å². The Hall–Kier alpha value is -1.26.